The van der Waals surface area contributed by atoms with Gasteiger partial charge < -0.3 is 5.32 Å². The molecule has 1 heterocycles. The Morgan fingerprint density at radius 3 is 2.61 bits per heavy atom. The van der Waals surface area contributed by atoms with E-state index in [1.807, 2.05) is 50.2 Å². The van der Waals surface area contributed by atoms with E-state index in [0.717, 1.165) is 23.6 Å². The largest absolute Gasteiger partial charge is 0.352 e. The molecule has 1 atom stereocenters. The van der Waals surface area contributed by atoms with Gasteiger partial charge in [0, 0.05) is 12.6 Å². The van der Waals surface area contributed by atoms with Gasteiger partial charge in [-0.2, -0.15) is 0 Å². The first-order valence-corrected chi connectivity index (χ1v) is 10.8. The quantitative estimate of drug-likeness (QED) is 0.401. The second kappa shape index (κ2) is 7.95. The first-order chi connectivity index (χ1) is 13.6. The summed E-state index contributed by atoms with van der Waals surface area (Å²) < 4.78 is 1.67. The number of nitrogens with one attached hydrogen (secondary N) is 1. The lowest BCUT2D eigenvalue weighted by Crippen LogP contribution is -2.38. The zero-order chi connectivity index (χ0) is 19.7. The zero-order valence-corrected chi connectivity index (χ0v) is 17.1. The third kappa shape index (κ3) is 3.65. The van der Waals surface area contributed by atoms with E-state index in [-0.39, 0.29) is 16.7 Å². The van der Waals surface area contributed by atoms with Gasteiger partial charge >= 0.3 is 0 Å². The average Bonchev–Trinajstić information content (AvgIpc) is 3.20. The fourth-order valence-electron chi connectivity index (χ4n) is 3.86. The van der Waals surface area contributed by atoms with Crippen molar-refractivity contribution in [1.29, 1.82) is 0 Å². The summed E-state index contributed by atoms with van der Waals surface area (Å²) in [5, 5.41) is 6.14. The zero-order valence-electron chi connectivity index (χ0n) is 16.3. The number of thioether (sulfide) groups is 1. The molecule has 0 bridgehead atoms. The van der Waals surface area contributed by atoms with Crippen LogP contribution in [0, 0.1) is 0 Å². The second-order valence-corrected chi connectivity index (χ2v) is 8.72. The Morgan fingerprint density at radius 1 is 1.25 bits per heavy atom. The Kier molecular flexibility index (Phi) is 5.40. The van der Waals surface area contributed by atoms with E-state index < -0.39 is 0 Å². The minimum absolute atomic E-state index is 0.0208. The van der Waals surface area contributed by atoms with Gasteiger partial charge in [-0.1, -0.05) is 48.9 Å². The fourth-order valence-corrected chi connectivity index (χ4v) is 4.84. The number of rotatable bonds is 5. The van der Waals surface area contributed by atoms with Crippen molar-refractivity contribution in [2.24, 2.45) is 0 Å². The van der Waals surface area contributed by atoms with E-state index >= 15 is 0 Å². The Hall–Kier alpha value is -2.34. The Balaban J connectivity index is 1.68. The molecular formula is C22H25N3O2S. The van der Waals surface area contributed by atoms with Crippen molar-refractivity contribution < 1.29 is 4.79 Å². The third-order valence-corrected chi connectivity index (χ3v) is 6.55. The van der Waals surface area contributed by atoms with Crippen molar-refractivity contribution >= 4 is 39.3 Å². The van der Waals surface area contributed by atoms with Gasteiger partial charge in [-0.3, -0.25) is 14.2 Å². The molecule has 0 aliphatic heterocycles. The van der Waals surface area contributed by atoms with Gasteiger partial charge in [-0.25, -0.2) is 4.98 Å². The number of aromatic nitrogens is 2. The summed E-state index contributed by atoms with van der Waals surface area (Å²) in [4.78, 5) is 30.4. The molecule has 5 nitrogen and oxygen atoms in total. The van der Waals surface area contributed by atoms with Crippen LogP contribution in [0.5, 0.6) is 0 Å². The van der Waals surface area contributed by atoms with E-state index in [2.05, 4.69) is 5.32 Å². The second-order valence-electron chi connectivity index (χ2n) is 7.41. The summed E-state index contributed by atoms with van der Waals surface area (Å²) in [6, 6.07) is 12.1. The standard InChI is InChI=1S/C22H25N3O2S/c1-3-25-21(27)18-12-15-8-4-5-9-16(15)13-19(18)24-22(25)28-14(2)20(26)23-17-10-6-7-11-17/h4-5,8-9,12-14,17H,3,6-7,10-11H2,1-2H3,(H,23,26)/t14-/m1/s1. The minimum Gasteiger partial charge on any atom is -0.352 e. The van der Waals surface area contributed by atoms with Gasteiger partial charge in [0.1, 0.15) is 0 Å². The molecule has 4 rings (SSSR count). The van der Waals surface area contributed by atoms with Crippen LogP contribution in [0.25, 0.3) is 21.7 Å². The van der Waals surface area contributed by atoms with Crippen LogP contribution in [-0.2, 0) is 11.3 Å². The molecule has 3 aromatic rings. The first-order valence-electron chi connectivity index (χ1n) is 9.97. The van der Waals surface area contributed by atoms with E-state index in [9.17, 15) is 9.59 Å². The van der Waals surface area contributed by atoms with Crippen LogP contribution in [0.1, 0.15) is 39.5 Å². The van der Waals surface area contributed by atoms with Crippen LogP contribution in [-0.4, -0.2) is 26.8 Å². The van der Waals surface area contributed by atoms with Crippen molar-refractivity contribution in [3.63, 3.8) is 0 Å². The average molecular weight is 396 g/mol. The van der Waals surface area contributed by atoms with Gasteiger partial charge in [0.25, 0.3) is 5.56 Å². The molecule has 1 saturated carbocycles. The van der Waals surface area contributed by atoms with Gasteiger partial charge in [0.2, 0.25) is 5.91 Å². The highest BCUT2D eigenvalue weighted by molar-refractivity contribution is 8.00. The maximum Gasteiger partial charge on any atom is 0.262 e. The van der Waals surface area contributed by atoms with Crippen molar-refractivity contribution in [2.75, 3.05) is 0 Å². The smallest absolute Gasteiger partial charge is 0.262 e. The number of nitrogens with zero attached hydrogens (tertiary/aromatic N) is 2. The predicted molar refractivity (Wildman–Crippen MR) is 115 cm³/mol. The van der Waals surface area contributed by atoms with Gasteiger partial charge in [-0.05, 0) is 49.6 Å². The van der Waals surface area contributed by atoms with Crippen molar-refractivity contribution in [2.45, 2.75) is 62.5 Å². The van der Waals surface area contributed by atoms with Crippen molar-refractivity contribution in [3.05, 3.63) is 46.8 Å². The van der Waals surface area contributed by atoms with Crippen molar-refractivity contribution in [1.82, 2.24) is 14.9 Å². The fraction of sp³-hybridized carbons (Fsp3) is 0.409. The van der Waals surface area contributed by atoms with E-state index in [1.54, 1.807) is 4.57 Å². The number of benzene rings is 2. The summed E-state index contributed by atoms with van der Waals surface area (Å²) in [5.74, 6) is 0.0208. The van der Waals surface area contributed by atoms with Gasteiger partial charge in [0.05, 0.1) is 16.2 Å². The highest BCUT2D eigenvalue weighted by Crippen LogP contribution is 2.26. The maximum absolute atomic E-state index is 13.1. The Morgan fingerprint density at radius 2 is 1.93 bits per heavy atom. The van der Waals surface area contributed by atoms with Crippen LogP contribution < -0.4 is 10.9 Å². The lowest BCUT2D eigenvalue weighted by molar-refractivity contribution is -0.120. The number of hydrogen-bond acceptors (Lipinski definition) is 4. The van der Waals surface area contributed by atoms with Crippen LogP contribution in [0.4, 0.5) is 0 Å². The molecule has 146 valence electrons. The molecule has 0 radical (unpaired) electrons. The van der Waals surface area contributed by atoms with Crippen LogP contribution in [0.15, 0.2) is 46.3 Å². The molecule has 1 amide bonds. The molecule has 0 unspecified atom stereocenters. The number of carbonyl (C=O) groups excluding carboxylic acids is 1. The summed E-state index contributed by atoms with van der Waals surface area (Å²) >= 11 is 1.36. The molecule has 2 aromatic carbocycles. The predicted octanol–water partition coefficient (Wildman–Crippen LogP) is 4.11. The summed E-state index contributed by atoms with van der Waals surface area (Å²) in [7, 11) is 0. The molecule has 1 aromatic heterocycles. The Labute approximate surface area is 168 Å². The van der Waals surface area contributed by atoms with Gasteiger partial charge in [0.15, 0.2) is 5.16 Å². The van der Waals surface area contributed by atoms with Crippen LogP contribution >= 0.6 is 11.8 Å². The molecule has 1 aliphatic carbocycles. The number of carbonyl (C=O) groups is 1. The number of hydrogen-bond donors (Lipinski definition) is 1. The minimum atomic E-state index is -0.303. The number of fused-ring (bicyclic) bond motifs is 2. The van der Waals surface area contributed by atoms with Crippen LogP contribution in [0.3, 0.4) is 0 Å². The lowest BCUT2D eigenvalue weighted by Gasteiger charge is -2.18. The molecule has 1 N–H and O–H groups in total. The summed E-state index contributed by atoms with van der Waals surface area (Å²) in [6.45, 7) is 4.34. The summed E-state index contributed by atoms with van der Waals surface area (Å²) in [5.41, 5.74) is 0.628. The van der Waals surface area contributed by atoms with E-state index in [1.165, 1.54) is 24.6 Å². The van der Waals surface area contributed by atoms with E-state index in [4.69, 9.17) is 4.98 Å². The van der Waals surface area contributed by atoms with Crippen LogP contribution in [0.2, 0.25) is 0 Å². The molecule has 1 fully saturated rings. The molecule has 6 heteroatoms. The lowest BCUT2D eigenvalue weighted by atomic mass is 10.1. The molecule has 1 aliphatic rings. The van der Waals surface area contributed by atoms with E-state index in [0.29, 0.717) is 28.6 Å². The number of amides is 1. The molecule has 0 saturated heterocycles. The normalized spacial score (nSPS) is 15.9. The molecular weight excluding hydrogens is 370 g/mol. The Bertz CT molecular complexity index is 1090. The third-order valence-electron chi connectivity index (χ3n) is 5.46. The maximum atomic E-state index is 13.1. The first kappa shape index (κ1) is 19.0. The molecule has 0 spiro atoms. The molecule has 28 heavy (non-hydrogen) atoms. The van der Waals surface area contributed by atoms with Crippen molar-refractivity contribution in [3.8, 4) is 0 Å². The van der Waals surface area contributed by atoms with Gasteiger partial charge in [-0.15, -0.1) is 0 Å². The topological polar surface area (TPSA) is 64.0 Å². The monoisotopic (exact) mass is 395 g/mol. The highest BCUT2D eigenvalue weighted by Gasteiger charge is 2.23. The summed E-state index contributed by atoms with van der Waals surface area (Å²) in [6.07, 6.45) is 4.48. The highest BCUT2D eigenvalue weighted by atomic mass is 32.2. The SMILES string of the molecule is CCn1c(S[C@H](C)C(=O)NC2CCCC2)nc2cc3ccccc3cc2c1=O.